The molecule has 0 aliphatic rings. The quantitative estimate of drug-likeness (QED) is 0.347. The highest BCUT2D eigenvalue weighted by atomic mass is 16.6. The number of benzene rings is 2. The number of nitro groups is 1. The molecule has 140 valence electrons. The highest BCUT2D eigenvalue weighted by Crippen LogP contribution is 2.28. The van der Waals surface area contributed by atoms with Gasteiger partial charge in [0.2, 0.25) is 0 Å². The molecule has 0 fully saturated rings. The molecular weight excluding hydrogens is 352 g/mol. The van der Waals surface area contributed by atoms with Gasteiger partial charge >= 0.3 is 5.97 Å². The Kier molecular flexibility index (Phi) is 6.65. The topological polar surface area (TPSA) is 108 Å². The predicted octanol–water partition coefficient (Wildman–Crippen LogP) is 3.11. The molecular formula is C19H18N2O6. The average molecular weight is 370 g/mol. The molecule has 1 N–H and O–H groups in total. The summed E-state index contributed by atoms with van der Waals surface area (Å²) in [6.45, 7) is 1.38. The first-order valence-corrected chi connectivity index (χ1v) is 7.93. The molecule has 27 heavy (non-hydrogen) atoms. The number of nitrogens with one attached hydrogen (secondary N) is 1. The van der Waals surface area contributed by atoms with Gasteiger partial charge in [0.05, 0.1) is 18.1 Å². The second kappa shape index (κ2) is 9.14. The summed E-state index contributed by atoms with van der Waals surface area (Å²) >= 11 is 0. The van der Waals surface area contributed by atoms with E-state index in [1.807, 2.05) is 31.2 Å². The Bertz CT molecular complexity index is 874. The fourth-order valence-corrected chi connectivity index (χ4v) is 2.11. The Balaban J connectivity index is 1.91. The lowest BCUT2D eigenvalue weighted by Gasteiger charge is -2.07. The molecule has 0 spiro atoms. The van der Waals surface area contributed by atoms with Gasteiger partial charge in [0, 0.05) is 6.08 Å². The monoisotopic (exact) mass is 370 g/mol. The van der Waals surface area contributed by atoms with Crippen LogP contribution in [0, 0.1) is 17.0 Å². The van der Waals surface area contributed by atoms with Gasteiger partial charge in [-0.25, -0.2) is 4.79 Å². The van der Waals surface area contributed by atoms with Crippen LogP contribution in [0.5, 0.6) is 5.75 Å². The molecule has 0 aromatic heterocycles. The van der Waals surface area contributed by atoms with Crippen molar-refractivity contribution < 1.29 is 24.0 Å². The first-order valence-electron chi connectivity index (χ1n) is 7.93. The lowest BCUT2D eigenvalue weighted by Crippen LogP contribution is -2.20. The molecule has 2 aromatic carbocycles. The number of nitro benzene ring substituents is 1. The molecule has 0 aliphatic carbocycles. The SMILES string of the molecule is COc1ccc(NC(=O)COC(=O)C=Cc2ccc(C)cc2)c([N+](=O)[O-])c1. The van der Waals surface area contributed by atoms with Gasteiger partial charge in [-0.1, -0.05) is 29.8 Å². The summed E-state index contributed by atoms with van der Waals surface area (Å²) < 4.78 is 9.75. The van der Waals surface area contributed by atoms with E-state index in [1.165, 1.54) is 31.4 Å². The molecule has 2 aromatic rings. The first kappa shape index (κ1) is 19.6. The van der Waals surface area contributed by atoms with Crippen LogP contribution in [0.4, 0.5) is 11.4 Å². The average Bonchev–Trinajstić information content (AvgIpc) is 2.66. The lowest BCUT2D eigenvalue weighted by molar-refractivity contribution is -0.384. The molecule has 0 saturated heterocycles. The molecule has 8 heteroatoms. The van der Waals surface area contributed by atoms with E-state index in [0.717, 1.165) is 11.1 Å². The summed E-state index contributed by atoms with van der Waals surface area (Å²) in [6.07, 6.45) is 2.77. The maximum absolute atomic E-state index is 11.9. The van der Waals surface area contributed by atoms with Gasteiger partial charge in [0.15, 0.2) is 6.61 Å². The van der Waals surface area contributed by atoms with Crippen LogP contribution in [0.1, 0.15) is 11.1 Å². The molecule has 0 radical (unpaired) electrons. The van der Waals surface area contributed by atoms with E-state index in [1.54, 1.807) is 6.08 Å². The summed E-state index contributed by atoms with van der Waals surface area (Å²) in [4.78, 5) is 34.0. The number of nitrogens with zero attached hydrogens (tertiary/aromatic N) is 1. The van der Waals surface area contributed by atoms with E-state index in [0.29, 0.717) is 0 Å². The lowest BCUT2D eigenvalue weighted by atomic mass is 10.1. The first-order chi connectivity index (χ1) is 12.9. The third-order valence-electron chi connectivity index (χ3n) is 3.51. The van der Waals surface area contributed by atoms with Crippen molar-refractivity contribution in [1.82, 2.24) is 0 Å². The molecule has 2 rings (SSSR count). The van der Waals surface area contributed by atoms with Gasteiger partial charge < -0.3 is 14.8 Å². The molecule has 0 atom stereocenters. The summed E-state index contributed by atoms with van der Waals surface area (Å²) in [5.74, 6) is -1.11. The molecule has 0 aliphatic heterocycles. The van der Waals surface area contributed by atoms with Crippen LogP contribution in [-0.4, -0.2) is 30.5 Å². The number of hydrogen-bond donors (Lipinski definition) is 1. The zero-order valence-corrected chi connectivity index (χ0v) is 14.8. The minimum absolute atomic E-state index is 0.0166. The third-order valence-corrected chi connectivity index (χ3v) is 3.51. The highest BCUT2D eigenvalue weighted by molar-refractivity contribution is 5.96. The largest absolute Gasteiger partial charge is 0.496 e. The van der Waals surface area contributed by atoms with Crippen LogP contribution >= 0.6 is 0 Å². The van der Waals surface area contributed by atoms with Crippen molar-refractivity contribution in [3.05, 3.63) is 69.8 Å². The van der Waals surface area contributed by atoms with Crippen molar-refractivity contribution in [3.63, 3.8) is 0 Å². The number of carbonyl (C=O) groups excluding carboxylic acids is 2. The van der Waals surface area contributed by atoms with Crippen molar-refractivity contribution in [2.45, 2.75) is 6.92 Å². The summed E-state index contributed by atoms with van der Waals surface area (Å²) in [7, 11) is 1.38. The Morgan fingerprint density at radius 3 is 2.52 bits per heavy atom. The van der Waals surface area contributed by atoms with Gasteiger partial charge in [-0.15, -0.1) is 0 Å². The van der Waals surface area contributed by atoms with E-state index < -0.39 is 23.4 Å². The van der Waals surface area contributed by atoms with Crippen molar-refractivity contribution in [2.75, 3.05) is 19.0 Å². The Labute approximate surface area is 155 Å². The Hall–Kier alpha value is -3.68. The number of rotatable bonds is 7. The molecule has 0 bridgehead atoms. The Morgan fingerprint density at radius 1 is 1.19 bits per heavy atom. The van der Waals surface area contributed by atoms with Crippen LogP contribution in [-0.2, 0) is 14.3 Å². The molecule has 0 unspecified atom stereocenters. The number of esters is 1. The predicted molar refractivity (Wildman–Crippen MR) is 99.5 cm³/mol. The normalized spacial score (nSPS) is 10.4. The van der Waals surface area contributed by atoms with Crippen LogP contribution in [0.15, 0.2) is 48.5 Å². The maximum Gasteiger partial charge on any atom is 0.331 e. The number of methoxy groups -OCH3 is 1. The van der Waals surface area contributed by atoms with Gasteiger partial charge in [0.1, 0.15) is 11.4 Å². The molecule has 0 heterocycles. The van der Waals surface area contributed by atoms with E-state index in [9.17, 15) is 19.7 Å². The number of amides is 1. The number of aryl methyl sites for hydroxylation is 1. The maximum atomic E-state index is 11.9. The molecule has 1 amide bonds. The minimum Gasteiger partial charge on any atom is -0.496 e. The smallest absolute Gasteiger partial charge is 0.331 e. The van der Waals surface area contributed by atoms with Crippen molar-refractivity contribution in [3.8, 4) is 5.75 Å². The van der Waals surface area contributed by atoms with Gasteiger partial charge in [0.25, 0.3) is 11.6 Å². The fraction of sp³-hybridized carbons (Fsp3) is 0.158. The summed E-state index contributed by atoms with van der Waals surface area (Å²) in [6, 6.07) is 11.5. The zero-order chi connectivity index (χ0) is 19.8. The zero-order valence-electron chi connectivity index (χ0n) is 14.8. The van der Waals surface area contributed by atoms with Crippen molar-refractivity contribution in [1.29, 1.82) is 0 Å². The summed E-state index contributed by atoms with van der Waals surface area (Å²) in [5.41, 5.74) is 1.57. The second-order valence-corrected chi connectivity index (χ2v) is 5.54. The fourth-order valence-electron chi connectivity index (χ4n) is 2.11. The number of ether oxygens (including phenoxy) is 2. The van der Waals surface area contributed by atoms with Gasteiger partial charge in [-0.05, 0) is 30.7 Å². The number of hydrogen-bond acceptors (Lipinski definition) is 6. The summed E-state index contributed by atoms with van der Waals surface area (Å²) in [5, 5.41) is 13.4. The van der Waals surface area contributed by atoms with Crippen molar-refractivity contribution in [2.24, 2.45) is 0 Å². The Morgan fingerprint density at radius 2 is 1.89 bits per heavy atom. The number of carbonyl (C=O) groups is 2. The van der Waals surface area contributed by atoms with Crippen LogP contribution in [0.2, 0.25) is 0 Å². The standard InChI is InChI=1S/C19H18N2O6/c1-13-3-5-14(6-4-13)7-10-19(23)27-12-18(22)20-16-9-8-15(26-2)11-17(16)21(24)25/h3-11H,12H2,1-2H3,(H,20,22). The van der Waals surface area contributed by atoms with Gasteiger partial charge in [-0.3, -0.25) is 14.9 Å². The van der Waals surface area contributed by atoms with E-state index in [-0.39, 0.29) is 17.1 Å². The van der Waals surface area contributed by atoms with E-state index in [2.05, 4.69) is 5.32 Å². The molecule has 0 saturated carbocycles. The van der Waals surface area contributed by atoms with Crippen molar-refractivity contribution >= 4 is 29.3 Å². The van der Waals surface area contributed by atoms with E-state index in [4.69, 9.17) is 9.47 Å². The van der Waals surface area contributed by atoms with Gasteiger partial charge in [-0.2, -0.15) is 0 Å². The second-order valence-electron chi connectivity index (χ2n) is 5.54. The third kappa shape index (κ3) is 5.96. The van der Waals surface area contributed by atoms with E-state index >= 15 is 0 Å². The molecule has 8 nitrogen and oxygen atoms in total. The van der Waals surface area contributed by atoms with Crippen LogP contribution in [0.3, 0.4) is 0 Å². The van der Waals surface area contributed by atoms with Crippen LogP contribution < -0.4 is 10.1 Å². The van der Waals surface area contributed by atoms with Crippen LogP contribution in [0.25, 0.3) is 6.08 Å². The number of anilines is 1. The highest BCUT2D eigenvalue weighted by Gasteiger charge is 2.17. The minimum atomic E-state index is -0.699.